The Bertz CT molecular complexity index is 1160. The minimum absolute atomic E-state index is 0.0629. The van der Waals surface area contributed by atoms with Gasteiger partial charge in [0.1, 0.15) is 24.2 Å². The number of para-hydroxylation sites is 1. The summed E-state index contributed by atoms with van der Waals surface area (Å²) in [5.74, 6) is -5.46. The number of nitrogens with one attached hydrogen (secondary N) is 4. The highest BCUT2D eigenvalue weighted by atomic mass is 16.4. The summed E-state index contributed by atoms with van der Waals surface area (Å²) in [5.41, 5.74) is 7.07. The van der Waals surface area contributed by atoms with Gasteiger partial charge in [-0.05, 0) is 30.9 Å². The van der Waals surface area contributed by atoms with Crippen molar-refractivity contribution in [2.24, 2.45) is 11.7 Å². The summed E-state index contributed by atoms with van der Waals surface area (Å²) in [7, 11) is 0. The number of carbonyl (C=O) groups is 5. The van der Waals surface area contributed by atoms with Crippen LogP contribution in [0.15, 0.2) is 30.5 Å². The summed E-state index contributed by atoms with van der Waals surface area (Å²) < 4.78 is 0. The highest BCUT2D eigenvalue weighted by Crippen LogP contribution is 2.19. The van der Waals surface area contributed by atoms with Crippen molar-refractivity contribution in [1.82, 2.24) is 20.9 Å². The smallest absolute Gasteiger partial charge is 0.326 e. The van der Waals surface area contributed by atoms with E-state index in [1.54, 1.807) is 26.1 Å². The molecule has 0 fully saturated rings. The van der Waals surface area contributed by atoms with Crippen molar-refractivity contribution in [3.8, 4) is 0 Å². The van der Waals surface area contributed by atoms with Gasteiger partial charge in [-0.3, -0.25) is 19.2 Å². The molecular formula is C25H35N5O8. The maximum atomic E-state index is 13.1. The van der Waals surface area contributed by atoms with Gasteiger partial charge in [-0.25, -0.2) is 4.79 Å². The van der Waals surface area contributed by atoms with E-state index in [0.29, 0.717) is 5.56 Å². The molecule has 0 saturated carbocycles. The van der Waals surface area contributed by atoms with Gasteiger partial charge in [-0.15, -0.1) is 0 Å². The Kier molecular flexibility index (Phi) is 10.8. The van der Waals surface area contributed by atoms with E-state index in [-0.39, 0.29) is 12.8 Å². The zero-order valence-electron chi connectivity index (χ0n) is 21.4. The molecule has 0 aliphatic rings. The molecule has 208 valence electrons. The first-order valence-electron chi connectivity index (χ1n) is 12.2. The standard InChI is InChI=1S/C25H35N5O8/c1-12(2)21(30-23(35)20(26)13(3)31)24(36)28-17(8-9-19(32)33)22(34)29-18(25(37)38)10-14-11-27-16-7-5-4-6-15(14)16/h4-7,11-13,17-18,20-21,27,31H,8-10,26H2,1-3H3,(H,28,36)(H,29,34)(H,30,35)(H,32,33)(H,37,38). The highest BCUT2D eigenvalue weighted by molar-refractivity contribution is 5.94. The molecule has 1 heterocycles. The second kappa shape index (κ2) is 13.5. The average molecular weight is 534 g/mol. The zero-order valence-corrected chi connectivity index (χ0v) is 21.4. The maximum absolute atomic E-state index is 13.1. The summed E-state index contributed by atoms with van der Waals surface area (Å²) in [6.45, 7) is 4.58. The fourth-order valence-corrected chi connectivity index (χ4v) is 3.79. The largest absolute Gasteiger partial charge is 0.481 e. The predicted octanol–water partition coefficient (Wildman–Crippen LogP) is -0.522. The lowest BCUT2D eigenvalue weighted by atomic mass is 10.0. The van der Waals surface area contributed by atoms with E-state index in [0.717, 1.165) is 10.9 Å². The molecule has 0 radical (unpaired) electrons. The molecule has 5 atom stereocenters. The number of aromatic amines is 1. The van der Waals surface area contributed by atoms with E-state index in [2.05, 4.69) is 20.9 Å². The fourth-order valence-electron chi connectivity index (χ4n) is 3.79. The van der Waals surface area contributed by atoms with Crippen molar-refractivity contribution in [1.29, 1.82) is 0 Å². The molecule has 0 aliphatic carbocycles. The van der Waals surface area contributed by atoms with Gasteiger partial charge in [0.2, 0.25) is 17.7 Å². The van der Waals surface area contributed by atoms with Crippen LogP contribution in [0.1, 0.15) is 39.2 Å². The Morgan fingerprint density at radius 2 is 1.55 bits per heavy atom. The Balaban J connectivity index is 2.20. The predicted molar refractivity (Wildman–Crippen MR) is 137 cm³/mol. The highest BCUT2D eigenvalue weighted by Gasteiger charge is 2.32. The number of aliphatic hydroxyl groups excluding tert-OH is 1. The first-order valence-corrected chi connectivity index (χ1v) is 12.2. The van der Waals surface area contributed by atoms with E-state index >= 15 is 0 Å². The van der Waals surface area contributed by atoms with E-state index < -0.39 is 72.3 Å². The number of carboxylic acids is 2. The molecule has 0 bridgehead atoms. The van der Waals surface area contributed by atoms with Gasteiger partial charge in [-0.1, -0.05) is 32.0 Å². The second-order valence-corrected chi connectivity index (χ2v) is 9.45. The first-order chi connectivity index (χ1) is 17.8. The van der Waals surface area contributed by atoms with Gasteiger partial charge in [0, 0.05) is 29.9 Å². The number of aromatic nitrogens is 1. The molecule has 2 rings (SSSR count). The molecule has 3 amide bonds. The lowest BCUT2D eigenvalue weighted by molar-refractivity contribution is -0.143. The number of H-pyrrole nitrogens is 1. The van der Waals surface area contributed by atoms with Gasteiger partial charge in [-0.2, -0.15) is 0 Å². The number of benzene rings is 1. The molecule has 0 spiro atoms. The zero-order chi connectivity index (χ0) is 28.6. The first kappa shape index (κ1) is 30.3. The van der Waals surface area contributed by atoms with Crippen molar-refractivity contribution >= 4 is 40.6 Å². The van der Waals surface area contributed by atoms with Crippen LogP contribution in [-0.2, 0) is 30.4 Å². The molecule has 5 unspecified atom stereocenters. The Hall–Kier alpha value is -3.97. The molecule has 2 aromatic rings. The van der Waals surface area contributed by atoms with E-state index in [9.17, 15) is 34.2 Å². The maximum Gasteiger partial charge on any atom is 0.326 e. The van der Waals surface area contributed by atoms with E-state index in [1.165, 1.54) is 6.92 Å². The molecule has 0 aliphatic heterocycles. The monoisotopic (exact) mass is 533 g/mol. The van der Waals surface area contributed by atoms with Gasteiger partial charge >= 0.3 is 11.9 Å². The summed E-state index contributed by atoms with van der Waals surface area (Å²) in [5, 5.41) is 36.5. The topological polar surface area (TPSA) is 224 Å². The van der Waals surface area contributed by atoms with Gasteiger partial charge in [0.25, 0.3) is 0 Å². The Labute approximate surface area is 219 Å². The van der Waals surface area contributed by atoms with Crippen LogP contribution in [0.4, 0.5) is 0 Å². The quantitative estimate of drug-likeness (QED) is 0.156. The van der Waals surface area contributed by atoms with Crippen LogP contribution in [0.2, 0.25) is 0 Å². The number of aliphatic hydroxyl groups is 1. The van der Waals surface area contributed by atoms with Crippen LogP contribution in [0.25, 0.3) is 10.9 Å². The molecule has 0 saturated heterocycles. The third kappa shape index (κ3) is 8.28. The molecule has 1 aromatic heterocycles. The molecule has 9 N–H and O–H groups in total. The number of aliphatic carboxylic acids is 2. The third-order valence-electron chi connectivity index (χ3n) is 6.06. The summed E-state index contributed by atoms with van der Waals surface area (Å²) in [4.78, 5) is 64.6. The van der Waals surface area contributed by atoms with Crippen molar-refractivity contribution in [2.75, 3.05) is 0 Å². The number of carboxylic acid groups (broad SMARTS) is 2. The van der Waals surface area contributed by atoms with E-state index in [1.807, 2.05) is 18.2 Å². The summed E-state index contributed by atoms with van der Waals surface area (Å²) in [6, 6.07) is 2.03. The van der Waals surface area contributed by atoms with Crippen molar-refractivity contribution in [3.63, 3.8) is 0 Å². The lowest BCUT2D eigenvalue weighted by Gasteiger charge is -2.27. The van der Waals surface area contributed by atoms with E-state index in [4.69, 9.17) is 10.8 Å². The third-order valence-corrected chi connectivity index (χ3v) is 6.06. The molecule has 13 nitrogen and oxygen atoms in total. The lowest BCUT2D eigenvalue weighted by Crippen LogP contribution is -2.59. The summed E-state index contributed by atoms with van der Waals surface area (Å²) >= 11 is 0. The normalized spacial score (nSPS) is 15.2. The van der Waals surface area contributed by atoms with Gasteiger partial charge < -0.3 is 42.0 Å². The Morgan fingerprint density at radius 1 is 0.921 bits per heavy atom. The van der Waals surface area contributed by atoms with Gasteiger partial charge in [0.15, 0.2) is 0 Å². The SMILES string of the molecule is CC(C)C(NC(=O)C(N)C(C)O)C(=O)NC(CCC(=O)O)C(=O)NC(Cc1c[nH]c2ccccc12)C(=O)O. The van der Waals surface area contributed by atoms with Crippen LogP contribution in [0.3, 0.4) is 0 Å². The number of amides is 3. The molecular weight excluding hydrogens is 498 g/mol. The van der Waals surface area contributed by atoms with Gasteiger partial charge in [0.05, 0.1) is 6.10 Å². The molecule has 13 heteroatoms. The average Bonchev–Trinajstić information content (AvgIpc) is 3.26. The van der Waals surface area contributed by atoms with Crippen LogP contribution < -0.4 is 21.7 Å². The van der Waals surface area contributed by atoms with Crippen LogP contribution in [0, 0.1) is 5.92 Å². The van der Waals surface area contributed by atoms with Crippen LogP contribution in [0.5, 0.6) is 0 Å². The number of hydrogen-bond donors (Lipinski definition) is 8. The number of rotatable bonds is 14. The van der Waals surface area contributed by atoms with Crippen LogP contribution >= 0.6 is 0 Å². The second-order valence-electron chi connectivity index (χ2n) is 9.45. The van der Waals surface area contributed by atoms with Crippen molar-refractivity contribution in [2.45, 2.75) is 70.3 Å². The molecule has 38 heavy (non-hydrogen) atoms. The van der Waals surface area contributed by atoms with Crippen molar-refractivity contribution in [3.05, 3.63) is 36.0 Å². The van der Waals surface area contributed by atoms with Crippen molar-refractivity contribution < 1.29 is 39.3 Å². The minimum atomic E-state index is -1.40. The minimum Gasteiger partial charge on any atom is -0.481 e. The summed E-state index contributed by atoms with van der Waals surface area (Å²) in [6.07, 6.45) is -0.399. The number of fused-ring (bicyclic) bond motifs is 1. The number of hydrogen-bond acceptors (Lipinski definition) is 7. The number of carbonyl (C=O) groups excluding carboxylic acids is 3. The fraction of sp³-hybridized carbons (Fsp3) is 0.480. The molecule has 1 aromatic carbocycles. The Morgan fingerprint density at radius 3 is 2.13 bits per heavy atom. The number of nitrogens with two attached hydrogens (primary N) is 1. The van der Waals surface area contributed by atoms with Crippen LogP contribution in [-0.4, -0.2) is 80.2 Å².